The highest BCUT2D eigenvalue weighted by Gasteiger charge is 2.14. The van der Waals surface area contributed by atoms with E-state index in [0.717, 1.165) is 15.6 Å². The Morgan fingerprint density at radius 1 is 1.06 bits per heavy atom. The lowest BCUT2D eigenvalue weighted by Crippen LogP contribution is -1.95. The van der Waals surface area contributed by atoms with Gasteiger partial charge in [-0.05, 0) is 36.2 Å². The van der Waals surface area contributed by atoms with Crippen LogP contribution in [0, 0.1) is 12.7 Å². The first-order valence-corrected chi connectivity index (χ1v) is 6.94. The molecule has 2 aromatic rings. The second kappa shape index (κ2) is 5.32. The summed E-state index contributed by atoms with van der Waals surface area (Å²) in [5.74, 6) is -0.222. The van der Waals surface area contributed by atoms with Crippen molar-refractivity contribution in [3.8, 4) is 0 Å². The van der Waals surface area contributed by atoms with Crippen LogP contribution in [0.3, 0.4) is 0 Å². The highest BCUT2D eigenvalue weighted by Crippen LogP contribution is 2.35. The van der Waals surface area contributed by atoms with Crippen molar-refractivity contribution in [2.75, 3.05) is 0 Å². The Labute approximate surface area is 117 Å². The molecule has 88 valence electrons. The van der Waals surface area contributed by atoms with Gasteiger partial charge in [0.25, 0.3) is 0 Å². The summed E-state index contributed by atoms with van der Waals surface area (Å²) < 4.78 is 14.1. The van der Waals surface area contributed by atoms with Crippen molar-refractivity contribution in [2.45, 2.75) is 11.8 Å². The van der Waals surface area contributed by atoms with E-state index in [0.29, 0.717) is 0 Å². The maximum atomic E-state index is 13.2. The Bertz CT molecular complexity index is 520. The van der Waals surface area contributed by atoms with Crippen molar-refractivity contribution in [3.63, 3.8) is 0 Å². The molecule has 0 amide bonds. The molecule has 0 aromatic heterocycles. The average molecular weight is 358 g/mol. The lowest BCUT2D eigenvalue weighted by Gasteiger charge is -2.13. The number of hydrogen-bond acceptors (Lipinski definition) is 0. The Hall–Kier alpha value is -0.670. The molecule has 3 heteroatoms. The van der Waals surface area contributed by atoms with Crippen molar-refractivity contribution in [1.82, 2.24) is 0 Å². The van der Waals surface area contributed by atoms with Crippen LogP contribution in [0.25, 0.3) is 0 Å². The molecule has 0 aliphatic rings. The fraction of sp³-hybridized carbons (Fsp3) is 0.143. The summed E-state index contributed by atoms with van der Waals surface area (Å²) in [5, 5.41) is 0. The molecule has 0 saturated carbocycles. The standard InChI is InChI=1S/C14H11Br2F/c1-9-2-4-10(5-3-9)14(16)12-8-11(17)6-7-13(12)15/h2-8,14H,1H3. The number of benzene rings is 2. The summed E-state index contributed by atoms with van der Waals surface area (Å²) >= 11 is 7.05. The Balaban J connectivity index is 2.39. The van der Waals surface area contributed by atoms with Crippen molar-refractivity contribution in [3.05, 3.63) is 69.4 Å². The van der Waals surface area contributed by atoms with Gasteiger partial charge < -0.3 is 0 Å². The van der Waals surface area contributed by atoms with Crippen LogP contribution in [-0.4, -0.2) is 0 Å². The van der Waals surface area contributed by atoms with E-state index in [1.54, 1.807) is 12.1 Å². The van der Waals surface area contributed by atoms with E-state index in [1.807, 2.05) is 19.1 Å². The summed E-state index contributed by atoms with van der Waals surface area (Å²) in [4.78, 5) is -0.00632. The van der Waals surface area contributed by atoms with E-state index in [-0.39, 0.29) is 10.6 Å². The minimum atomic E-state index is -0.222. The first-order chi connectivity index (χ1) is 8.08. The van der Waals surface area contributed by atoms with Crippen molar-refractivity contribution in [1.29, 1.82) is 0 Å². The normalized spacial score (nSPS) is 12.5. The Morgan fingerprint density at radius 2 is 1.71 bits per heavy atom. The molecule has 17 heavy (non-hydrogen) atoms. The van der Waals surface area contributed by atoms with Crippen LogP contribution in [-0.2, 0) is 0 Å². The molecule has 1 unspecified atom stereocenters. The summed E-state index contributed by atoms with van der Waals surface area (Å²) in [6.45, 7) is 2.05. The molecule has 0 nitrogen and oxygen atoms in total. The van der Waals surface area contributed by atoms with E-state index in [1.165, 1.54) is 11.6 Å². The summed E-state index contributed by atoms with van der Waals surface area (Å²) in [5.41, 5.74) is 3.22. The van der Waals surface area contributed by atoms with Crippen LogP contribution in [0.15, 0.2) is 46.9 Å². The zero-order chi connectivity index (χ0) is 12.4. The molecule has 0 spiro atoms. The van der Waals surface area contributed by atoms with Gasteiger partial charge in [0.05, 0.1) is 4.83 Å². The Morgan fingerprint density at radius 3 is 2.35 bits per heavy atom. The monoisotopic (exact) mass is 356 g/mol. The molecule has 2 rings (SSSR count). The highest BCUT2D eigenvalue weighted by molar-refractivity contribution is 9.11. The number of alkyl halides is 1. The van der Waals surface area contributed by atoms with Crippen LogP contribution >= 0.6 is 31.9 Å². The SMILES string of the molecule is Cc1ccc(C(Br)c2cc(F)ccc2Br)cc1. The largest absolute Gasteiger partial charge is 0.207 e. The maximum Gasteiger partial charge on any atom is 0.123 e. The van der Waals surface area contributed by atoms with E-state index in [2.05, 4.69) is 44.0 Å². The molecular formula is C14H11Br2F. The van der Waals surface area contributed by atoms with E-state index in [4.69, 9.17) is 0 Å². The molecular weight excluding hydrogens is 347 g/mol. The molecule has 0 N–H and O–H groups in total. The molecule has 0 fully saturated rings. The smallest absolute Gasteiger partial charge is 0.123 e. The van der Waals surface area contributed by atoms with Crippen molar-refractivity contribution in [2.24, 2.45) is 0 Å². The number of rotatable bonds is 2. The van der Waals surface area contributed by atoms with Crippen molar-refractivity contribution >= 4 is 31.9 Å². The summed E-state index contributed by atoms with van der Waals surface area (Å²) in [6.07, 6.45) is 0. The molecule has 0 radical (unpaired) electrons. The van der Waals surface area contributed by atoms with Crippen molar-refractivity contribution < 1.29 is 4.39 Å². The van der Waals surface area contributed by atoms with E-state index >= 15 is 0 Å². The Kier molecular flexibility index (Phi) is 4.00. The van der Waals surface area contributed by atoms with Crippen LogP contribution in [0.1, 0.15) is 21.5 Å². The van der Waals surface area contributed by atoms with Crippen LogP contribution in [0.5, 0.6) is 0 Å². The van der Waals surface area contributed by atoms with Crippen LogP contribution in [0.2, 0.25) is 0 Å². The predicted octanol–water partition coefficient (Wildman–Crippen LogP) is 5.38. The molecule has 2 aromatic carbocycles. The lowest BCUT2D eigenvalue weighted by molar-refractivity contribution is 0.625. The van der Waals surface area contributed by atoms with Gasteiger partial charge in [-0.15, -0.1) is 0 Å². The van der Waals surface area contributed by atoms with Crippen LogP contribution in [0.4, 0.5) is 4.39 Å². The van der Waals surface area contributed by atoms with Crippen LogP contribution < -0.4 is 0 Å². The first-order valence-electron chi connectivity index (χ1n) is 5.23. The topological polar surface area (TPSA) is 0 Å². The fourth-order valence-corrected chi connectivity index (χ4v) is 3.09. The first kappa shape index (κ1) is 12.8. The molecule has 1 atom stereocenters. The maximum absolute atomic E-state index is 13.2. The average Bonchev–Trinajstić information content (AvgIpc) is 2.32. The van der Waals surface area contributed by atoms with Gasteiger partial charge in [-0.1, -0.05) is 61.7 Å². The summed E-state index contributed by atoms with van der Waals surface area (Å²) in [6, 6.07) is 12.9. The predicted molar refractivity (Wildman–Crippen MR) is 76.0 cm³/mol. The number of hydrogen-bond donors (Lipinski definition) is 0. The highest BCUT2D eigenvalue weighted by atomic mass is 79.9. The number of aryl methyl sites for hydroxylation is 1. The molecule has 0 bridgehead atoms. The summed E-state index contributed by atoms with van der Waals surface area (Å²) in [7, 11) is 0. The molecule has 0 aliphatic carbocycles. The zero-order valence-electron chi connectivity index (χ0n) is 9.25. The lowest BCUT2D eigenvalue weighted by atomic mass is 10.0. The molecule has 0 saturated heterocycles. The second-order valence-electron chi connectivity index (χ2n) is 3.94. The fourth-order valence-electron chi connectivity index (χ4n) is 1.62. The quantitative estimate of drug-likeness (QED) is 0.633. The van der Waals surface area contributed by atoms with E-state index < -0.39 is 0 Å². The van der Waals surface area contributed by atoms with Gasteiger partial charge >= 0.3 is 0 Å². The van der Waals surface area contributed by atoms with Gasteiger partial charge in [-0.2, -0.15) is 0 Å². The van der Waals surface area contributed by atoms with Gasteiger partial charge in [-0.25, -0.2) is 4.39 Å². The van der Waals surface area contributed by atoms with Gasteiger partial charge in [-0.3, -0.25) is 0 Å². The molecule has 0 aliphatic heterocycles. The van der Waals surface area contributed by atoms with Gasteiger partial charge in [0.1, 0.15) is 5.82 Å². The third-order valence-corrected chi connectivity index (χ3v) is 4.35. The van der Waals surface area contributed by atoms with Gasteiger partial charge in [0.15, 0.2) is 0 Å². The van der Waals surface area contributed by atoms with Gasteiger partial charge in [0, 0.05) is 4.47 Å². The second-order valence-corrected chi connectivity index (χ2v) is 5.71. The zero-order valence-corrected chi connectivity index (χ0v) is 12.4. The molecule has 0 heterocycles. The third kappa shape index (κ3) is 2.96. The minimum absolute atomic E-state index is 0.00632. The van der Waals surface area contributed by atoms with E-state index in [9.17, 15) is 4.39 Å². The third-order valence-electron chi connectivity index (χ3n) is 2.60. The minimum Gasteiger partial charge on any atom is -0.207 e. The van der Waals surface area contributed by atoms with Gasteiger partial charge in [0.2, 0.25) is 0 Å². The number of halogens is 3.